The number of aromatic nitrogens is 12. The van der Waals surface area contributed by atoms with Crippen LogP contribution in [0.3, 0.4) is 0 Å². The van der Waals surface area contributed by atoms with E-state index in [1.54, 1.807) is 27.7 Å². The van der Waals surface area contributed by atoms with Crippen LogP contribution in [0.25, 0.3) is 0 Å². The maximum atomic E-state index is 8.87. The third-order valence-corrected chi connectivity index (χ3v) is 6.69. The van der Waals surface area contributed by atoms with Crippen LogP contribution in [-0.2, 0) is 0 Å². The summed E-state index contributed by atoms with van der Waals surface area (Å²) in [5, 5.41) is 41.9. The lowest BCUT2D eigenvalue weighted by atomic mass is 10.1. The number of anilines is 8. The van der Waals surface area contributed by atoms with Crippen molar-refractivity contribution in [2.45, 2.75) is 106 Å². The molecule has 0 aliphatic rings. The summed E-state index contributed by atoms with van der Waals surface area (Å²) in [6, 6.07) is 4.70. The molecule has 60 heavy (non-hydrogen) atoms. The molecule has 22 nitrogen and oxygen atoms in total. The number of hydrogen-bond donors (Lipinski definition) is 8. The molecule has 328 valence electrons. The molecule has 0 fully saturated rings. The zero-order valence-corrected chi connectivity index (χ0v) is 38.8. The van der Waals surface area contributed by atoms with Crippen molar-refractivity contribution in [3.63, 3.8) is 0 Å². The van der Waals surface area contributed by atoms with Crippen LogP contribution in [0, 0.1) is 22.7 Å². The first-order valence-electron chi connectivity index (χ1n) is 18.7. The lowest BCUT2D eigenvalue weighted by molar-refractivity contribution is 0.715. The molecule has 26 heteroatoms. The molecule has 0 saturated heterocycles. The van der Waals surface area contributed by atoms with Gasteiger partial charge < -0.3 is 42.5 Å². The smallest absolute Gasteiger partial charge is 0.230 e. The van der Waals surface area contributed by atoms with E-state index in [4.69, 9.17) is 56.9 Å². The highest BCUT2D eigenvalue weighted by Gasteiger charge is 2.19. The predicted molar refractivity (Wildman–Crippen MR) is 240 cm³/mol. The Morgan fingerprint density at radius 2 is 0.633 bits per heavy atom. The lowest BCUT2D eigenvalue weighted by Crippen LogP contribution is -2.29. The zero-order chi connectivity index (χ0) is 45.5. The van der Waals surface area contributed by atoms with Gasteiger partial charge in [-0.2, -0.15) is 70.3 Å². The number of nitrogens with zero attached hydrogens (tertiary/aromatic N) is 14. The van der Waals surface area contributed by atoms with Crippen molar-refractivity contribution >= 4 is 94.0 Å². The van der Waals surface area contributed by atoms with Crippen molar-refractivity contribution in [1.82, 2.24) is 59.8 Å². The average Bonchev–Trinajstić information content (AvgIpc) is 3.11. The molecule has 4 aromatic rings. The zero-order valence-electron chi connectivity index (χ0n) is 35.8. The molecule has 0 aliphatic heterocycles. The van der Waals surface area contributed by atoms with E-state index >= 15 is 0 Å². The van der Waals surface area contributed by atoms with Crippen LogP contribution in [0.15, 0.2) is 0 Å². The Morgan fingerprint density at radius 1 is 0.417 bits per heavy atom. The number of nitriles is 2. The van der Waals surface area contributed by atoms with Crippen molar-refractivity contribution in [3.05, 3.63) is 21.1 Å². The van der Waals surface area contributed by atoms with Gasteiger partial charge in [-0.3, -0.25) is 0 Å². The first kappa shape index (κ1) is 52.6. The van der Waals surface area contributed by atoms with Gasteiger partial charge in [-0.15, -0.1) is 0 Å². The van der Waals surface area contributed by atoms with Crippen LogP contribution in [0.4, 0.5) is 47.6 Å². The van der Waals surface area contributed by atoms with E-state index in [1.807, 2.05) is 55.4 Å². The quantitative estimate of drug-likeness (QED) is 0.0567. The Kier molecular flexibility index (Phi) is 23.3. The van der Waals surface area contributed by atoms with E-state index < -0.39 is 11.1 Å². The maximum absolute atomic E-state index is 8.87. The average molecular weight is 913 g/mol. The van der Waals surface area contributed by atoms with Crippen LogP contribution >= 0.6 is 46.4 Å². The van der Waals surface area contributed by atoms with Crippen molar-refractivity contribution in [2.24, 2.45) is 0 Å². The van der Waals surface area contributed by atoms with E-state index in [1.165, 1.54) is 0 Å². The molecule has 0 atom stereocenters. The fourth-order valence-electron chi connectivity index (χ4n) is 3.72. The van der Waals surface area contributed by atoms with Crippen molar-refractivity contribution in [1.29, 1.82) is 10.5 Å². The SMILES string of the molecule is CCNc1nc(Cl)nc(NC(C)(C)C#N)n1.CCNc1nc(Cl)nc(NC(C)(C)C#N)n1.CCNc1nc(Cl)nc(NC(C)C)n1.CCNc1nc(Cl)nc(NC(C)C)n1. The summed E-state index contributed by atoms with van der Waals surface area (Å²) in [5.41, 5.74) is -1.51. The van der Waals surface area contributed by atoms with Gasteiger partial charge >= 0.3 is 0 Å². The molecule has 0 radical (unpaired) electrons. The summed E-state index contributed by atoms with van der Waals surface area (Å²) in [4.78, 5) is 47.7. The van der Waals surface area contributed by atoms with Crippen molar-refractivity contribution < 1.29 is 0 Å². The van der Waals surface area contributed by atoms with E-state index in [0.717, 1.165) is 13.1 Å². The minimum atomic E-state index is -0.756. The van der Waals surface area contributed by atoms with Gasteiger partial charge in [0.25, 0.3) is 0 Å². The minimum Gasteiger partial charge on any atom is -0.354 e. The van der Waals surface area contributed by atoms with Crippen LogP contribution in [0.2, 0.25) is 21.1 Å². The largest absolute Gasteiger partial charge is 0.354 e. The van der Waals surface area contributed by atoms with E-state index in [2.05, 4.69) is 114 Å². The number of halogens is 4. The number of rotatable bonds is 16. The van der Waals surface area contributed by atoms with Gasteiger partial charge in [0.15, 0.2) is 0 Å². The van der Waals surface area contributed by atoms with E-state index in [9.17, 15) is 0 Å². The van der Waals surface area contributed by atoms with Crippen LogP contribution < -0.4 is 42.5 Å². The maximum Gasteiger partial charge on any atom is 0.230 e. The van der Waals surface area contributed by atoms with E-state index in [-0.39, 0.29) is 45.1 Å². The van der Waals surface area contributed by atoms with E-state index in [0.29, 0.717) is 48.8 Å². The number of hydrogen-bond acceptors (Lipinski definition) is 22. The van der Waals surface area contributed by atoms with Gasteiger partial charge in [-0.25, -0.2) is 0 Å². The Labute approximate surface area is 371 Å². The fraction of sp³-hybridized carbons (Fsp3) is 0.588. The van der Waals surface area contributed by atoms with Crippen LogP contribution in [0.5, 0.6) is 0 Å². The molecule has 0 unspecified atom stereocenters. The summed E-state index contributed by atoms with van der Waals surface area (Å²) < 4.78 is 0. The van der Waals surface area contributed by atoms with Crippen molar-refractivity contribution in [3.8, 4) is 12.1 Å². The van der Waals surface area contributed by atoms with Gasteiger partial charge in [-0.1, -0.05) is 0 Å². The standard InChI is InChI=1S/2C9H13ClN6.2C8H14ClN5/c2*1-4-12-7-13-6(10)14-8(15-7)16-9(2,3)5-11;2*1-4-10-7-12-6(9)13-8(14-7)11-5(2)3/h2*4H2,1-3H3,(H2,12,13,14,15,16);2*5H,4H2,1-3H3,(H2,10,11,12,13,14). The van der Waals surface area contributed by atoms with Gasteiger partial charge in [0.05, 0.1) is 12.1 Å². The lowest BCUT2D eigenvalue weighted by Gasteiger charge is -2.17. The van der Waals surface area contributed by atoms with Crippen LogP contribution in [0.1, 0.15) is 83.1 Å². The summed E-state index contributed by atoms with van der Waals surface area (Å²) >= 11 is 22.9. The van der Waals surface area contributed by atoms with Crippen LogP contribution in [-0.4, -0.2) is 109 Å². The molecule has 0 saturated carbocycles. The second-order valence-electron chi connectivity index (χ2n) is 13.4. The van der Waals surface area contributed by atoms with Gasteiger partial charge in [-0.05, 0) is 129 Å². The molecule has 0 aliphatic carbocycles. The molecule has 0 spiro atoms. The van der Waals surface area contributed by atoms with Crippen molar-refractivity contribution in [2.75, 3.05) is 68.7 Å². The Morgan fingerprint density at radius 3 is 0.850 bits per heavy atom. The topological polar surface area (TPSA) is 298 Å². The molecule has 4 rings (SSSR count). The molecule has 0 aromatic carbocycles. The summed E-state index contributed by atoms with van der Waals surface area (Å²) in [7, 11) is 0. The van der Waals surface area contributed by atoms with Gasteiger partial charge in [0, 0.05) is 38.3 Å². The fourth-order valence-corrected chi connectivity index (χ4v) is 4.36. The molecular weight excluding hydrogens is 858 g/mol. The predicted octanol–water partition coefficient (Wildman–Crippen LogP) is 6.90. The molecule has 8 N–H and O–H groups in total. The molecule has 4 aromatic heterocycles. The highest BCUT2D eigenvalue weighted by molar-refractivity contribution is 6.29. The Balaban J connectivity index is 0.000000401. The molecule has 4 heterocycles. The minimum absolute atomic E-state index is 0.0854. The first-order valence-corrected chi connectivity index (χ1v) is 20.2. The Bertz CT molecular complexity index is 1850. The first-order chi connectivity index (χ1) is 28.2. The second-order valence-corrected chi connectivity index (χ2v) is 14.8. The normalized spacial score (nSPS) is 10.5. The molecular formula is C34H54Cl4N22. The summed E-state index contributed by atoms with van der Waals surface area (Å²) in [6.07, 6.45) is 0. The van der Waals surface area contributed by atoms with Gasteiger partial charge in [0.2, 0.25) is 68.7 Å². The highest BCUT2D eigenvalue weighted by Crippen LogP contribution is 2.16. The monoisotopic (exact) mass is 910 g/mol. The second kappa shape index (κ2) is 26.6. The summed E-state index contributed by atoms with van der Waals surface area (Å²) in [6.45, 7) is 25.5. The molecule has 0 amide bonds. The Hall–Kier alpha value is -5.42. The highest BCUT2D eigenvalue weighted by atomic mass is 35.5. The summed E-state index contributed by atoms with van der Waals surface area (Å²) in [5.74, 6) is 3.32. The third kappa shape index (κ3) is 22.7. The number of nitrogens with one attached hydrogen (secondary N) is 8. The molecule has 0 bridgehead atoms. The third-order valence-electron chi connectivity index (χ3n) is 6.02. The van der Waals surface area contributed by atoms with Gasteiger partial charge in [0.1, 0.15) is 11.1 Å².